The highest BCUT2D eigenvalue weighted by atomic mass is 16.5. The molecule has 0 aliphatic rings. The summed E-state index contributed by atoms with van der Waals surface area (Å²) in [6.45, 7) is 1.93. The second kappa shape index (κ2) is 7.52. The van der Waals surface area contributed by atoms with E-state index >= 15 is 0 Å². The Hall–Kier alpha value is -3.61. The largest absolute Gasteiger partial charge is 0.464 e. The first-order valence-corrected chi connectivity index (χ1v) is 7.86. The molecule has 3 aromatic rings. The predicted octanol–water partition coefficient (Wildman–Crippen LogP) is 3.19. The molecule has 0 unspecified atom stereocenters. The third-order valence-corrected chi connectivity index (χ3v) is 3.63. The van der Waals surface area contributed by atoms with Gasteiger partial charge < -0.3 is 9.15 Å². The third-order valence-electron chi connectivity index (χ3n) is 3.63. The molecule has 2 N–H and O–H groups in total. The first-order valence-electron chi connectivity index (χ1n) is 7.86. The fourth-order valence-electron chi connectivity index (χ4n) is 2.23. The van der Waals surface area contributed by atoms with Gasteiger partial charge in [0, 0.05) is 11.1 Å². The van der Waals surface area contributed by atoms with E-state index in [4.69, 9.17) is 9.15 Å². The van der Waals surface area contributed by atoms with Gasteiger partial charge in [0.2, 0.25) is 17.5 Å². The lowest BCUT2D eigenvalue weighted by atomic mass is 10.1. The molecule has 0 fully saturated rings. The van der Waals surface area contributed by atoms with Crippen molar-refractivity contribution in [3.8, 4) is 11.5 Å². The molecule has 0 saturated heterocycles. The Labute approximate surface area is 150 Å². The second-order valence-corrected chi connectivity index (χ2v) is 5.50. The quantitative estimate of drug-likeness (QED) is 0.542. The monoisotopic (exact) mass is 351 g/mol. The van der Waals surface area contributed by atoms with E-state index in [0.29, 0.717) is 11.1 Å². The van der Waals surface area contributed by atoms with Crippen LogP contribution in [0.25, 0.3) is 11.5 Å². The first-order chi connectivity index (χ1) is 12.6. The third kappa shape index (κ3) is 3.72. The Balaban J connectivity index is 1.81. The number of benzene rings is 2. The van der Waals surface area contributed by atoms with Gasteiger partial charge in [0.25, 0.3) is 5.91 Å². The number of esters is 1. The van der Waals surface area contributed by atoms with Gasteiger partial charge in [-0.2, -0.15) is 4.98 Å². The van der Waals surface area contributed by atoms with Gasteiger partial charge in [-0.25, -0.2) is 4.79 Å². The number of carbonyl (C=O) groups is 2. The lowest BCUT2D eigenvalue weighted by molar-refractivity contribution is 0.0595. The van der Waals surface area contributed by atoms with Crippen molar-refractivity contribution in [1.82, 2.24) is 10.4 Å². The van der Waals surface area contributed by atoms with E-state index in [1.807, 2.05) is 37.3 Å². The molecule has 1 heterocycles. The smallest absolute Gasteiger partial charge is 0.362 e. The van der Waals surface area contributed by atoms with Crippen LogP contribution >= 0.6 is 0 Å². The number of nitrogens with one attached hydrogen (secondary N) is 2. The number of hydrazine groups is 1. The van der Waals surface area contributed by atoms with Crippen LogP contribution in [0.3, 0.4) is 0 Å². The Morgan fingerprint density at radius 2 is 1.73 bits per heavy atom. The van der Waals surface area contributed by atoms with Crippen LogP contribution < -0.4 is 10.9 Å². The molecule has 7 heteroatoms. The molecule has 0 aliphatic carbocycles. The molecule has 26 heavy (non-hydrogen) atoms. The van der Waals surface area contributed by atoms with Gasteiger partial charge in [-0.3, -0.25) is 15.6 Å². The lowest BCUT2D eigenvalue weighted by Gasteiger charge is -2.07. The minimum absolute atomic E-state index is 0.00355. The predicted molar refractivity (Wildman–Crippen MR) is 95.5 cm³/mol. The van der Waals surface area contributed by atoms with Crippen molar-refractivity contribution < 1.29 is 18.7 Å². The van der Waals surface area contributed by atoms with Crippen molar-refractivity contribution in [2.45, 2.75) is 6.92 Å². The Morgan fingerprint density at radius 1 is 1.04 bits per heavy atom. The van der Waals surface area contributed by atoms with Crippen LogP contribution in [-0.2, 0) is 4.74 Å². The maximum Gasteiger partial charge on any atom is 0.362 e. The Morgan fingerprint density at radius 3 is 2.38 bits per heavy atom. The van der Waals surface area contributed by atoms with Crippen LogP contribution in [-0.4, -0.2) is 24.0 Å². The highest BCUT2D eigenvalue weighted by molar-refractivity contribution is 5.96. The summed E-state index contributed by atoms with van der Waals surface area (Å²) in [7, 11) is 1.24. The van der Waals surface area contributed by atoms with Crippen LogP contribution in [0.2, 0.25) is 0 Å². The molecule has 0 spiro atoms. The van der Waals surface area contributed by atoms with Gasteiger partial charge in [-0.1, -0.05) is 35.9 Å². The van der Waals surface area contributed by atoms with Crippen molar-refractivity contribution in [3.63, 3.8) is 0 Å². The number of hydrogen-bond donors (Lipinski definition) is 2. The zero-order valence-electron chi connectivity index (χ0n) is 14.3. The van der Waals surface area contributed by atoms with Crippen LogP contribution in [0, 0.1) is 6.92 Å². The Bertz CT molecular complexity index is 918. The van der Waals surface area contributed by atoms with Crippen molar-refractivity contribution in [1.29, 1.82) is 0 Å². The number of nitrogens with zero attached hydrogens (tertiary/aromatic N) is 1. The molecular weight excluding hydrogens is 334 g/mol. The molecular formula is C19H17N3O4. The maximum atomic E-state index is 12.2. The summed E-state index contributed by atoms with van der Waals surface area (Å²) in [6.07, 6.45) is 0. The second-order valence-electron chi connectivity index (χ2n) is 5.50. The highest BCUT2D eigenvalue weighted by Crippen LogP contribution is 2.25. The molecule has 2 aromatic carbocycles. The molecule has 0 aliphatic heterocycles. The van der Waals surface area contributed by atoms with Gasteiger partial charge in [-0.05, 0) is 31.2 Å². The molecule has 0 atom stereocenters. The minimum atomic E-state index is -0.678. The fourth-order valence-corrected chi connectivity index (χ4v) is 2.23. The summed E-state index contributed by atoms with van der Waals surface area (Å²) in [6, 6.07) is 16.1. The summed E-state index contributed by atoms with van der Waals surface area (Å²) in [4.78, 5) is 28.3. The molecule has 0 bridgehead atoms. The van der Waals surface area contributed by atoms with E-state index in [0.717, 1.165) is 5.56 Å². The van der Waals surface area contributed by atoms with Crippen molar-refractivity contribution in [2.24, 2.45) is 0 Å². The van der Waals surface area contributed by atoms with E-state index in [1.54, 1.807) is 24.3 Å². The van der Waals surface area contributed by atoms with E-state index in [-0.39, 0.29) is 23.4 Å². The summed E-state index contributed by atoms with van der Waals surface area (Å²) in [5.74, 6) is -0.823. The average molecular weight is 351 g/mol. The van der Waals surface area contributed by atoms with Gasteiger partial charge in [0.05, 0.1) is 7.11 Å². The first kappa shape index (κ1) is 17.2. The number of ether oxygens (including phenoxy) is 1. The molecule has 132 valence electrons. The number of carbonyl (C=O) groups excluding carboxylic acids is 2. The maximum absolute atomic E-state index is 12.2. The topological polar surface area (TPSA) is 93.5 Å². The summed E-state index contributed by atoms with van der Waals surface area (Å²) in [5.41, 5.74) is 7.23. The number of methoxy groups -OCH3 is 1. The van der Waals surface area contributed by atoms with Crippen LogP contribution in [0.15, 0.2) is 59.0 Å². The number of hydrogen-bond acceptors (Lipinski definition) is 6. The standard InChI is InChI=1S/C19H17N3O4/c1-12-8-10-13(11-9-12)16(23)21-22-18-15(19(24)25-2)20-17(26-18)14-6-4-3-5-7-14/h3-11,22H,1-2H3,(H,21,23). The van der Waals surface area contributed by atoms with Crippen molar-refractivity contribution >= 4 is 17.8 Å². The number of amides is 1. The van der Waals surface area contributed by atoms with Crippen LogP contribution in [0.4, 0.5) is 5.88 Å². The number of rotatable bonds is 5. The lowest BCUT2D eigenvalue weighted by Crippen LogP contribution is -2.30. The number of anilines is 1. The van der Waals surface area contributed by atoms with E-state index in [1.165, 1.54) is 7.11 Å². The number of oxazole rings is 1. The molecule has 1 amide bonds. The minimum Gasteiger partial charge on any atom is -0.464 e. The SMILES string of the molecule is COC(=O)c1nc(-c2ccccc2)oc1NNC(=O)c1ccc(C)cc1. The van der Waals surface area contributed by atoms with E-state index in [2.05, 4.69) is 15.8 Å². The van der Waals surface area contributed by atoms with Crippen LogP contribution in [0.1, 0.15) is 26.4 Å². The Kier molecular flexibility index (Phi) is 4.98. The summed E-state index contributed by atoms with van der Waals surface area (Å²) >= 11 is 0. The van der Waals surface area contributed by atoms with Gasteiger partial charge in [0.1, 0.15) is 0 Å². The molecule has 1 aromatic heterocycles. The fraction of sp³-hybridized carbons (Fsp3) is 0.105. The van der Waals surface area contributed by atoms with Gasteiger partial charge in [0.15, 0.2) is 0 Å². The summed E-state index contributed by atoms with van der Waals surface area (Å²) in [5, 5.41) is 0. The number of aryl methyl sites for hydroxylation is 1. The zero-order valence-corrected chi connectivity index (χ0v) is 14.3. The molecule has 3 rings (SSSR count). The highest BCUT2D eigenvalue weighted by Gasteiger charge is 2.22. The average Bonchev–Trinajstić information content (AvgIpc) is 3.11. The zero-order chi connectivity index (χ0) is 18.5. The van der Waals surface area contributed by atoms with E-state index in [9.17, 15) is 9.59 Å². The molecule has 0 radical (unpaired) electrons. The number of aromatic nitrogens is 1. The summed E-state index contributed by atoms with van der Waals surface area (Å²) < 4.78 is 10.3. The normalized spacial score (nSPS) is 10.2. The van der Waals surface area contributed by atoms with E-state index < -0.39 is 5.97 Å². The van der Waals surface area contributed by atoms with Crippen molar-refractivity contribution in [2.75, 3.05) is 12.5 Å². The van der Waals surface area contributed by atoms with Gasteiger partial charge in [-0.15, -0.1) is 0 Å². The molecule has 0 saturated carbocycles. The van der Waals surface area contributed by atoms with Crippen molar-refractivity contribution in [3.05, 3.63) is 71.4 Å². The molecule has 7 nitrogen and oxygen atoms in total. The van der Waals surface area contributed by atoms with Gasteiger partial charge >= 0.3 is 5.97 Å². The van der Waals surface area contributed by atoms with Crippen LogP contribution in [0.5, 0.6) is 0 Å².